The molecular weight excluding hydrogens is 348 g/mol. The predicted molar refractivity (Wildman–Crippen MR) is 94.7 cm³/mol. The molecule has 2 aromatic rings. The van der Waals surface area contributed by atoms with Crippen LogP contribution in [0.2, 0.25) is 0 Å². The minimum atomic E-state index is 0.650. The van der Waals surface area contributed by atoms with Crippen LogP contribution in [0.4, 0.5) is 5.69 Å². The van der Waals surface area contributed by atoms with E-state index in [0.717, 1.165) is 35.4 Å². The van der Waals surface area contributed by atoms with Crippen molar-refractivity contribution in [2.75, 3.05) is 11.9 Å². The molecule has 112 valence electrons. The number of halogens is 1. The van der Waals surface area contributed by atoms with Crippen LogP contribution in [0.1, 0.15) is 17.7 Å². The van der Waals surface area contributed by atoms with E-state index in [2.05, 4.69) is 50.7 Å². The van der Waals surface area contributed by atoms with Gasteiger partial charge in [-0.2, -0.15) is 5.10 Å². The largest absolute Gasteiger partial charge is 0.362 e. The highest BCUT2D eigenvalue weighted by molar-refractivity contribution is 9.10. The van der Waals surface area contributed by atoms with Crippen molar-refractivity contribution in [3.63, 3.8) is 0 Å². The Labute approximate surface area is 139 Å². The fourth-order valence-corrected chi connectivity index (χ4v) is 2.40. The zero-order valence-electron chi connectivity index (χ0n) is 12.2. The summed E-state index contributed by atoms with van der Waals surface area (Å²) in [5.74, 6) is 0. The quantitative estimate of drug-likeness (QED) is 0.626. The summed E-state index contributed by atoms with van der Waals surface area (Å²) in [6.45, 7) is 5.73. The number of anilines is 1. The average Bonchev–Trinajstić information content (AvgIpc) is 2.76. The first kappa shape index (κ1) is 16.0. The topological polar surface area (TPSA) is 41.9 Å². The Bertz CT molecular complexity index is 587. The molecule has 21 heavy (non-hydrogen) atoms. The molecule has 0 atom stereocenters. The van der Waals surface area contributed by atoms with Crippen LogP contribution in [-0.2, 0) is 6.54 Å². The van der Waals surface area contributed by atoms with E-state index in [9.17, 15) is 0 Å². The van der Waals surface area contributed by atoms with Crippen LogP contribution in [0.5, 0.6) is 0 Å². The lowest BCUT2D eigenvalue weighted by atomic mass is 10.2. The van der Waals surface area contributed by atoms with Gasteiger partial charge in [0.15, 0.2) is 5.11 Å². The SMILES string of the molecule is Cc1ccc(NC(=S)NCCCn2cc(Br)c(C)n2)cc1. The fourth-order valence-electron chi connectivity index (χ4n) is 1.86. The molecule has 1 aromatic carbocycles. The van der Waals surface area contributed by atoms with E-state index in [1.165, 1.54) is 5.56 Å². The maximum atomic E-state index is 5.27. The summed E-state index contributed by atoms with van der Waals surface area (Å²) in [7, 11) is 0. The lowest BCUT2D eigenvalue weighted by molar-refractivity contribution is 0.570. The van der Waals surface area contributed by atoms with Crippen molar-refractivity contribution in [1.29, 1.82) is 0 Å². The molecule has 0 unspecified atom stereocenters. The molecule has 0 fully saturated rings. The standard InChI is InChI=1S/C15H19BrN4S/c1-11-4-6-13(7-5-11)18-15(21)17-8-3-9-20-10-14(16)12(2)19-20/h4-7,10H,3,8-9H2,1-2H3,(H2,17,18,21). The van der Waals surface area contributed by atoms with E-state index in [0.29, 0.717) is 5.11 Å². The van der Waals surface area contributed by atoms with E-state index >= 15 is 0 Å². The Balaban J connectivity index is 1.68. The van der Waals surface area contributed by atoms with Gasteiger partial charge in [0, 0.05) is 25.0 Å². The van der Waals surface area contributed by atoms with Crippen LogP contribution >= 0.6 is 28.1 Å². The van der Waals surface area contributed by atoms with Crippen molar-refractivity contribution in [1.82, 2.24) is 15.1 Å². The number of hydrogen-bond acceptors (Lipinski definition) is 2. The molecule has 0 saturated carbocycles. The van der Waals surface area contributed by atoms with Gasteiger partial charge in [0.25, 0.3) is 0 Å². The lowest BCUT2D eigenvalue weighted by Crippen LogP contribution is -2.29. The highest BCUT2D eigenvalue weighted by Gasteiger charge is 2.01. The summed E-state index contributed by atoms with van der Waals surface area (Å²) < 4.78 is 2.99. The first-order valence-electron chi connectivity index (χ1n) is 6.85. The number of rotatable bonds is 5. The molecule has 1 heterocycles. The smallest absolute Gasteiger partial charge is 0.170 e. The number of hydrogen-bond donors (Lipinski definition) is 2. The highest BCUT2D eigenvalue weighted by atomic mass is 79.9. The Morgan fingerprint density at radius 1 is 1.29 bits per heavy atom. The van der Waals surface area contributed by atoms with Gasteiger partial charge in [-0.15, -0.1) is 0 Å². The number of nitrogens with zero attached hydrogens (tertiary/aromatic N) is 2. The number of aromatic nitrogens is 2. The Kier molecular flexibility index (Phi) is 5.76. The minimum Gasteiger partial charge on any atom is -0.362 e. The third-order valence-corrected chi connectivity index (χ3v) is 4.07. The summed E-state index contributed by atoms with van der Waals surface area (Å²) in [5, 5.41) is 11.4. The van der Waals surface area contributed by atoms with Crippen molar-refractivity contribution >= 4 is 38.9 Å². The van der Waals surface area contributed by atoms with Crippen molar-refractivity contribution in [3.8, 4) is 0 Å². The van der Waals surface area contributed by atoms with E-state index in [1.807, 2.05) is 29.9 Å². The van der Waals surface area contributed by atoms with Crippen LogP contribution in [-0.4, -0.2) is 21.4 Å². The molecule has 0 amide bonds. The monoisotopic (exact) mass is 366 g/mol. The van der Waals surface area contributed by atoms with Crippen molar-refractivity contribution < 1.29 is 0 Å². The zero-order chi connectivity index (χ0) is 15.2. The predicted octanol–water partition coefficient (Wildman–Crippen LogP) is 3.64. The molecule has 2 N–H and O–H groups in total. The molecule has 1 aromatic heterocycles. The number of thiocarbonyl (C=S) groups is 1. The molecule has 0 saturated heterocycles. The Hall–Kier alpha value is -1.40. The number of aryl methyl sites for hydroxylation is 3. The average molecular weight is 367 g/mol. The van der Waals surface area contributed by atoms with Crippen LogP contribution < -0.4 is 10.6 Å². The van der Waals surface area contributed by atoms with Crippen molar-refractivity contribution in [2.45, 2.75) is 26.8 Å². The van der Waals surface area contributed by atoms with Gasteiger partial charge in [-0.1, -0.05) is 17.7 Å². The van der Waals surface area contributed by atoms with Crippen LogP contribution in [0, 0.1) is 13.8 Å². The van der Waals surface area contributed by atoms with Gasteiger partial charge >= 0.3 is 0 Å². The summed E-state index contributed by atoms with van der Waals surface area (Å²) in [5.41, 5.74) is 3.25. The third-order valence-electron chi connectivity index (χ3n) is 3.05. The van der Waals surface area contributed by atoms with Gasteiger partial charge < -0.3 is 10.6 Å². The molecule has 0 aliphatic carbocycles. The van der Waals surface area contributed by atoms with Crippen LogP contribution in [0.15, 0.2) is 34.9 Å². The van der Waals surface area contributed by atoms with Crippen molar-refractivity contribution in [3.05, 3.63) is 46.2 Å². The second-order valence-electron chi connectivity index (χ2n) is 4.93. The highest BCUT2D eigenvalue weighted by Crippen LogP contribution is 2.13. The molecule has 0 aliphatic rings. The molecule has 0 aliphatic heterocycles. The van der Waals surface area contributed by atoms with Gasteiger partial charge in [0.1, 0.15) is 0 Å². The number of nitrogens with one attached hydrogen (secondary N) is 2. The lowest BCUT2D eigenvalue weighted by Gasteiger charge is -2.10. The van der Waals surface area contributed by atoms with E-state index < -0.39 is 0 Å². The van der Waals surface area contributed by atoms with E-state index in [-0.39, 0.29) is 0 Å². The summed E-state index contributed by atoms with van der Waals surface area (Å²) >= 11 is 8.73. The van der Waals surface area contributed by atoms with Gasteiger partial charge in [-0.3, -0.25) is 4.68 Å². The van der Waals surface area contributed by atoms with Gasteiger partial charge in [0.05, 0.1) is 10.2 Å². The van der Waals surface area contributed by atoms with E-state index in [1.54, 1.807) is 0 Å². The maximum Gasteiger partial charge on any atom is 0.170 e. The maximum absolute atomic E-state index is 5.27. The van der Waals surface area contributed by atoms with Crippen molar-refractivity contribution in [2.24, 2.45) is 0 Å². The minimum absolute atomic E-state index is 0.650. The second kappa shape index (κ2) is 7.56. The molecule has 0 spiro atoms. The van der Waals surface area contributed by atoms with Crippen LogP contribution in [0.3, 0.4) is 0 Å². The molecule has 4 nitrogen and oxygen atoms in total. The van der Waals surface area contributed by atoms with E-state index in [4.69, 9.17) is 12.2 Å². The van der Waals surface area contributed by atoms with Crippen LogP contribution in [0.25, 0.3) is 0 Å². The zero-order valence-corrected chi connectivity index (χ0v) is 14.6. The Morgan fingerprint density at radius 2 is 2.00 bits per heavy atom. The normalized spacial score (nSPS) is 10.4. The second-order valence-corrected chi connectivity index (χ2v) is 6.19. The number of benzene rings is 1. The molecule has 0 radical (unpaired) electrons. The Morgan fingerprint density at radius 3 is 2.62 bits per heavy atom. The van der Waals surface area contributed by atoms with Gasteiger partial charge in [-0.05, 0) is 60.5 Å². The van der Waals surface area contributed by atoms with Gasteiger partial charge in [-0.25, -0.2) is 0 Å². The first-order chi connectivity index (χ1) is 10.0. The summed E-state index contributed by atoms with van der Waals surface area (Å²) in [6.07, 6.45) is 2.96. The molecule has 2 rings (SSSR count). The fraction of sp³-hybridized carbons (Fsp3) is 0.333. The third kappa shape index (κ3) is 5.13. The molecular formula is C15H19BrN4S. The summed E-state index contributed by atoms with van der Waals surface area (Å²) in [4.78, 5) is 0. The molecule has 0 bridgehead atoms. The molecule has 6 heteroatoms. The first-order valence-corrected chi connectivity index (χ1v) is 8.06. The summed E-state index contributed by atoms with van der Waals surface area (Å²) in [6, 6.07) is 8.16. The van der Waals surface area contributed by atoms with Gasteiger partial charge in [0.2, 0.25) is 0 Å².